The van der Waals surface area contributed by atoms with E-state index in [4.69, 9.17) is 0 Å². The van der Waals surface area contributed by atoms with Crippen LogP contribution in [0.3, 0.4) is 0 Å². The van der Waals surface area contributed by atoms with Crippen molar-refractivity contribution in [2.45, 2.75) is 25.8 Å². The average molecular weight is 391 g/mol. The molecule has 0 radical (unpaired) electrons. The first-order valence-electron chi connectivity index (χ1n) is 7.11. The Balaban J connectivity index is 0.00000242. The van der Waals surface area contributed by atoms with Crippen molar-refractivity contribution in [1.29, 1.82) is 0 Å². The van der Waals surface area contributed by atoms with E-state index in [2.05, 4.69) is 38.8 Å². The molecule has 7 heteroatoms. The second kappa shape index (κ2) is 9.12. The molecule has 2 rings (SSSR count). The van der Waals surface area contributed by atoms with Crippen LogP contribution in [0, 0.1) is 5.92 Å². The van der Waals surface area contributed by atoms with Crippen LogP contribution in [0.1, 0.15) is 19.8 Å². The first-order chi connectivity index (χ1) is 10.0. The standard InChI is InChI=1S/C15H20BrN3O2.ClH/c1-10-8-11(6-7-17-10)15(21)18-9-14(20)19-13-4-2-12(16)3-5-13;/h2-5,10-11,17H,6-9H2,1H3,(H,18,21)(H,19,20);1H/t10-,11-;/m0./s1. The minimum absolute atomic E-state index is 0. The molecule has 0 aliphatic carbocycles. The number of rotatable bonds is 4. The Kier molecular flexibility index (Phi) is 7.85. The highest BCUT2D eigenvalue weighted by atomic mass is 79.9. The quantitative estimate of drug-likeness (QED) is 0.739. The van der Waals surface area contributed by atoms with Crippen molar-refractivity contribution >= 4 is 45.8 Å². The lowest BCUT2D eigenvalue weighted by molar-refractivity contribution is -0.128. The van der Waals surface area contributed by atoms with Crippen molar-refractivity contribution in [3.63, 3.8) is 0 Å². The van der Waals surface area contributed by atoms with Crippen LogP contribution >= 0.6 is 28.3 Å². The number of piperidine rings is 1. The van der Waals surface area contributed by atoms with Crippen molar-refractivity contribution in [3.05, 3.63) is 28.7 Å². The summed E-state index contributed by atoms with van der Waals surface area (Å²) < 4.78 is 0.953. The van der Waals surface area contributed by atoms with Gasteiger partial charge in [-0.15, -0.1) is 12.4 Å². The Morgan fingerprint density at radius 2 is 2.00 bits per heavy atom. The van der Waals surface area contributed by atoms with Gasteiger partial charge >= 0.3 is 0 Å². The molecule has 0 saturated carbocycles. The van der Waals surface area contributed by atoms with Crippen LogP contribution in [0.15, 0.2) is 28.7 Å². The maximum absolute atomic E-state index is 12.0. The number of halogens is 2. The Hall–Kier alpha value is -1.11. The number of amides is 2. The zero-order chi connectivity index (χ0) is 15.2. The molecule has 122 valence electrons. The fourth-order valence-corrected chi connectivity index (χ4v) is 2.68. The highest BCUT2D eigenvalue weighted by Crippen LogP contribution is 2.16. The number of carbonyl (C=O) groups excluding carboxylic acids is 2. The molecule has 0 unspecified atom stereocenters. The summed E-state index contributed by atoms with van der Waals surface area (Å²) in [5, 5.41) is 8.77. The van der Waals surface area contributed by atoms with E-state index in [1.54, 1.807) is 12.1 Å². The largest absolute Gasteiger partial charge is 0.347 e. The van der Waals surface area contributed by atoms with Crippen molar-refractivity contribution in [2.75, 3.05) is 18.4 Å². The van der Waals surface area contributed by atoms with E-state index in [0.29, 0.717) is 11.7 Å². The molecule has 1 aromatic rings. The number of hydrogen-bond acceptors (Lipinski definition) is 3. The molecular formula is C15H21BrClN3O2. The lowest BCUT2D eigenvalue weighted by Gasteiger charge is -2.26. The van der Waals surface area contributed by atoms with Crippen molar-refractivity contribution < 1.29 is 9.59 Å². The second-order valence-corrected chi connectivity index (χ2v) is 6.27. The molecule has 0 aromatic heterocycles. The number of hydrogen-bond donors (Lipinski definition) is 3. The predicted molar refractivity (Wildman–Crippen MR) is 93.2 cm³/mol. The molecule has 0 spiro atoms. The normalized spacial score (nSPS) is 20.6. The highest BCUT2D eigenvalue weighted by Gasteiger charge is 2.24. The number of nitrogens with one attached hydrogen (secondary N) is 3. The maximum Gasteiger partial charge on any atom is 0.243 e. The summed E-state index contributed by atoms with van der Waals surface area (Å²) in [4.78, 5) is 23.8. The second-order valence-electron chi connectivity index (χ2n) is 5.35. The van der Waals surface area contributed by atoms with Crippen molar-refractivity contribution in [2.24, 2.45) is 5.92 Å². The fraction of sp³-hybridized carbons (Fsp3) is 0.467. The summed E-state index contributed by atoms with van der Waals surface area (Å²) in [6.45, 7) is 2.93. The minimum Gasteiger partial charge on any atom is -0.347 e. The molecule has 1 aliphatic heterocycles. The minimum atomic E-state index is -0.215. The van der Waals surface area contributed by atoms with Gasteiger partial charge in [-0.25, -0.2) is 0 Å². The van der Waals surface area contributed by atoms with Crippen LogP contribution in [0.4, 0.5) is 5.69 Å². The lowest BCUT2D eigenvalue weighted by Crippen LogP contribution is -2.44. The van der Waals surface area contributed by atoms with Crippen LogP contribution in [-0.2, 0) is 9.59 Å². The van der Waals surface area contributed by atoms with Gasteiger partial charge in [-0.2, -0.15) is 0 Å². The van der Waals surface area contributed by atoms with Gasteiger partial charge in [-0.05, 0) is 50.6 Å². The summed E-state index contributed by atoms with van der Waals surface area (Å²) in [7, 11) is 0. The van der Waals surface area contributed by atoms with E-state index in [1.165, 1.54) is 0 Å². The fourth-order valence-electron chi connectivity index (χ4n) is 2.42. The van der Waals surface area contributed by atoms with Gasteiger partial charge in [0, 0.05) is 22.1 Å². The first-order valence-corrected chi connectivity index (χ1v) is 7.90. The molecule has 2 atom stereocenters. The molecule has 1 heterocycles. The monoisotopic (exact) mass is 389 g/mol. The summed E-state index contributed by atoms with van der Waals surface area (Å²) in [5.74, 6) is -0.247. The lowest BCUT2D eigenvalue weighted by atomic mass is 9.92. The van der Waals surface area contributed by atoms with Gasteiger partial charge in [0.05, 0.1) is 6.54 Å². The molecule has 22 heavy (non-hydrogen) atoms. The average Bonchev–Trinajstić information content (AvgIpc) is 2.47. The molecule has 1 aromatic carbocycles. The Bertz CT molecular complexity index is 510. The third-order valence-electron chi connectivity index (χ3n) is 3.55. The van der Waals surface area contributed by atoms with Crippen molar-refractivity contribution in [1.82, 2.24) is 10.6 Å². The molecule has 5 nitrogen and oxygen atoms in total. The third kappa shape index (κ3) is 5.94. The van der Waals surface area contributed by atoms with Crippen LogP contribution in [-0.4, -0.2) is 30.9 Å². The van der Waals surface area contributed by atoms with E-state index in [0.717, 1.165) is 23.9 Å². The van der Waals surface area contributed by atoms with Gasteiger partial charge in [0.25, 0.3) is 0 Å². The van der Waals surface area contributed by atoms with E-state index in [1.807, 2.05) is 12.1 Å². The summed E-state index contributed by atoms with van der Waals surface area (Å²) in [6, 6.07) is 7.66. The van der Waals surface area contributed by atoms with Crippen LogP contribution in [0.25, 0.3) is 0 Å². The third-order valence-corrected chi connectivity index (χ3v) is 4.07. The SMILES string of the molecule is C[C@H]1C[C@@H](C(=O)NCC(=O)Nc2ccc(Br)cc2)CCN1.Cl. The van der Waals surface area contributed by atoms with E-state index >= 15 is 0 Å². The van der Waals surface area contributed by atoms with E-state index < -0.39 is 0 Å². The molecule has 1 aliphatic rings. The predicted octanol–water partition coefficient (Wildman–Crippen LogP) is 2.31. The van der Waals surface area contributed by atoms with Gasteiger partial charge in [-0.1, -0.05) is 15.9 Å². The number of carbonyl (C=O) groups is 2. The summed E-state index contributed by atoms with van der Waals surface area (Å²) >= 11 is 3.34. The van der Waals surface area contributed by atoms with Gasteiger partial charge in [0.2, 0.25) is 11.8 Å². The molecule has 2 amide bonds. The van der Waals surface area contributed by atoms with Gasteiger partial charge in [0.1, 0.15) is 0 Å². The van der Waals surface area contributed by atoms with Gasteiger partial charge < -0.3 is 16.0 Å². The zero-order valence-electron chi connectivity index (χ0n) is 12.4. The van der Waals surface area contributed by atoms with E-state index in [-0.39, 0.29) is 36.7 Å². The smallest absolute Gasteiger partial charge is 0.243 e. The molecule has 1 fully saturated rings. The highest BCUT2D eigenvalue weighted by molar-refractivity contribution is 9.10. The zero-order valence-corrected chi connectivity index (χ0v) is 14.8. The Morgan fingerprint density at radius 1 is 1.32 bits per heavy atom. The Labute approximate surface area is 145 Å². The summed E-state index contributed by atoms with van der Waals surface area (Å²) in [5.41, 5.74) is 0.716. The molecule has 3 N–H and O–H groups in total. The molecular weight excluding hydrogens is 370 g/mol. The molecule has 0 bridgehead atoms. The van der Waals surface area contributed by atoms with E-state index in [9.17, 15) is 9.59 Å². The topological polar surface area (TPSA) is 70.2 Å². The first kappa shape index (κ1) is 18.9. The maximum atomic E-state index is 12.0. The number of anilines is 1. The summed E-state index contributed by atoms with van der Waals surface area (Å²) in [6.07, 6.45) is 1.64. The Morgan fingerprint density at radius 3 is 2.64 bits per heavy atom. The van der Waals surface area contributed by atoms with Crippen molar-refractivity contribution in [3.8, 4) is 0 Å². The van der Waals surface area contributed by atoms with Gasteiger partial charge in [0.15, 0.2) is 0 Å². The van der Waals surface area contributed by atoms with Crippen LogP contribution < -0.4 is 16.0 Å². The van der Waals surface area contributed by atoms with Gasteiger partial charge in [-0.3, -0.25) is 9.59 Å². The van der Waals surface area contributed by atoms with Crippen LogP contribution in [0.5, 0.6) is 0 Å². The molecule has 1 saturated heterocycles. The van der Waals surface area contributed by atoms with Crippen LogP contribution in [0.2, 0.25) is 0 Å². The number of benzene rings is 1.